The van der Waals surface area contributed by atoms with Crippen molar-refractivity contribution in [3.63, 3.8) is 0 Å². The molecule has 0 aliphatic heterocycles. The summed E-state index contributed by atoms with van der Waals surface area (Å²) in [5.41, 5.74) is 7.38. The first-order chi connectivity index (χ1) is 14.6. The summed E-state index contributed by atoms with van der Waals surface area (Å²) in [6.07, 6.45) is 0.706. The second kappa shape index (κ2) is 14.4. The van der Waals surface area contributed by atoms with Gasteiger partial charge >= 0.3 is 5.97 Å². The van der Waals surface area contributed by atoms with Crippen LogP contribution in [0.4, 0.5) is 0 Å². The van der Waals surface area contributed by atoms with E-state index in [1.807, 2.05) is 66.7 Å². The van der Waals surface area contributed by atoms with Crippen LogP contribution in [-0.4, -0.2) is 11.1 Å². The van der Waals surface area contributed by atoms with E-state index in [1.165, 1.54) is 5.56 Å². The summed E-state index contributed by atoms with van der Waals surface area (Å²) in [7, 11) is 0. The molecule has 0 spiro atoms. The zero-order valence-corrected chi connectivity index (χ0v) is 21.3. The fourth-order valence-electron chi connectivity index (χ4n) is 2.98. The minimum absolute atomic E-state index is 0.408. The van der Waals surface area contributed by atoms with E-state index in [0.29, 0.717) is 12.0 Å². The number of hydrogen-bond donors (Lipinski definition) is 1. The Morgan fingerprint density at radius 3 is 1.81 bits per heavy atom. The fraction of sp³-hybridized carbons (Fsp3) is 0.414. The summed E-state index contributed by atoms with van der Waals surface area (Å²) in [5.74, 6) is -0.0395. The van der Waals surface area contributed by atoms with E-state index in [-0.39, 0.29) is 0 Å². The van der Waals surface area contributed by atoms with Gasteiger partial charge in [0.25, 0.3) is 0 Å². The van der Waals surface area contributed by atoms with E-state index in [1.54, 1.807) is 0 Å². The third kappa shape index (κ3) is 9.38. The van der Waals surface area contributed by atoms with Gasteiger partial charge in [-0.1, -0.05) is 107 Å². The summed E-state index contributed by atoms with van der Waals surface area (Å²) < 4.78 is 0. The largest absolute Gasteiger partial charge is 0.478 e. The lowest BCUT2D eigenvalue weighted by molar-refractivity contribution is -0.132. The number of carboxylic acid groups (broad SMARTS) is 1. The van der Waals surface area contributed by atoms with Crippen molar-refractivity contribution >= 4 is 17.1 Å². The van der Waals surface area contributed by atoms with E-state index < -0.39 is 5.97 Å². The van der Waals surface area contributed by atoms with E-state index in [9.17, 15) is 9.90 Å². The molecule has 1 N–H and O–H groups in total. The smallest absolute Gasteiger partial charge is 0.336 e. The fourth-order valence-corrected chi connectivity index (χ4v) is 2.98. The predicted octanol–water partition coefficient (Wildman–Crippen LogP) is 8.73. The number of allylic oxidation sites excluding steroid dienone is 2. The van der Waals surface area contributed by atoms with Crippen LogP contribution in [0.3, 0.4) is 0 Å². The van der Waals surface area contributed by atoms with Crippen LogP contribution < -0.4 is 0 Å². The Kier molecular flexibility index (Phi) is 13.2. The molecule has 2 aromatic rings. The zero-order valence-electron chi connectivity index (χ0n) is 21.3. The van der Waals surface area contributed by atoms with Gasteiger partial charge in [0.15, 0.2) is 0 Å². The summed E-state index contributed by atoms with van der Waals surface area (Å²) in [6, 6.07) is 16.3. The SMILES string of the molecule is CC.CC(C)C.CC/C(C)=C(C(=O)O)\C(=C(/C)c1ccc(C)cc1)c1cccc(C)c1. The Morgan fingerprint density at radius 2 is 1.39 bits per heavy atom. The number of rotatable bonds is 5. The van der Waals surface area contributed by atoms with Gasteiger partial charge in [-0.3, -0.25) is 0 Å². The maximum atomic E-state index is 12.1. The van der Waals surface area contributed by atoms with Crippen LogP contribution in [0.5, 0.6) is 0 Å². The Bertz CT molecular complexity index is 878. The maximum Gasteiger partial charge on any atom is 0.336 e. The van der Waals surface area contributed by atoms with Crippen LogP contribution in [0.15, 0.2) is 59.7 Å². The van der Waals surface area contributed by atoms with Crippen molar-refractivity contribution < 1.29 is 9.90 Å². The van der Waals surface area contributed by atoms with Crippen LogP contribution in [-0.2, 0) is 4.79 Å². The standard InChI is InChI=1S/C23H26O2.C4H10.C2H6/c1-6-17(4)21(23(24)25)22(20-9-7-8-16(3)14-20)18(5)19-12-10-15(2)11-13-19;1-4(2)3;1-2/h7-14H,6H2,1-5H3,(H,24,25);4H,1-3H3;1-2H3/b21-17+,22-18+;;. The van der Waals surface area contributed by atoms with Crippen molar-refractivity contribution in [2.45, 2.75) is 75.7 Å². The normalized spacial score (nSPS) is 12.0. The summed E-state index contributed by atoms with van der Waals surface area (Å²) in [5, 5.41) is 9.92. The topological polar surface area (TPSA) is 37.3 Å². The lowest BCUT2D eigenvalue weighted by atomic mass is 9.86. The maximum absolute atomic E-state index is 12.1. The summed E-state index contributed by atoms with van der Waals surface area (Å²) >= 11 is 0. The van der Waals surface area contributed by atoms with Gasteiger partial charge in [0.1, 0.15) is 0 Å². The van der Waals surface area contributed by atoms with Crippen LogP contribution in [0.25, 0.3) is 11.1 Å². The third-order valence-electron chi connectivity index (χ3n) is 4.59. The summed E-state index contributed by atoms with van der Waals surface area (Å²) in [6.45, 7) is 20.5. The van der Waals surface area contributed by atoms with Crippen LogP contribution in [0.1, 0.15) is 84.1 Å². The molecule has 2 heteroatoms. The molecule has 0 heterocycles. The average Bonchev–Trinajstić information content (AvgIpc) is 2.72. The molecule has 0 amide bonds. The number of aryl methyl sites for hydroxylation is 2. The quantitative estimate of drug-likeness (QED) is 0.297. The molecule has 0 saturated carbocycles. The molecule has 0 atom stereocenters. The van der Waals surface area contributed by atoms with Gasteiger partial charge in [-0.05, 0) is 62.3 Å². The highest BCUT2D eigenvalue weighted by Crippen LogP contribution is 2.35. The van der Waals surface area contributed by atoms with Crippen molar-refractivity contribution in [2.24, 2.45) is 5.92 Å². The second-order valence-electron chi connectivity index (χ2n) is 8.28. The number of aliphatic carboxylic acids is 1. The molecule has 31 heavy (non-hydrogen) atoms. The van der Waals surface area contributed by atoms with E-state index in [0.717, 1.165) is 39.3 Å². The van der Waals surface area contributed by atoms with Crippen LogP contribution in [0.2, 0.25) is 0 Å². The third-order valence-corrected chi connectivity index (χ3v) is 4.59. The van der Waals surface area contributed by atoms with E-state index >= 15 is 0 Å². The molecular formula is C29H42O2. The van der Waals surface area contributed by atoms with Crippen molar-refractivity contribution in [3.05, 3.63) is 81.9 Å². The van der Waals surface area contributed by atoms with Gasteiger partial charge in [-0.15, -0.1) is 0 Å². The highest BCUT2D eigenvalue weighted by atomic mass is 16.4. The van der Waals surface area contributed by atoms with E-state index in [4.69, 9.17) is 0 Å². The molecule has 0 aliphatic carbocycles. The molecule has 0 bridgehead atoms. The first-order valence-electron chi connectivity index (χ1n) is 11.4. The van der Waals surface area contributed by atoms with Gasteiger partial charge in [0.05, 0.1) is 5.57 Å². The van der Waals surface area contributed by atoms with Gasteiger partial charge in [-0.2, -0.15) is 0 Å². The Hall–Kier alpha value is -2.61. The highest BCUT2D eigenvalue weighted by molar-refractivity contribution is 6.13. The van der Waals surface area contributed by atoms with Crippen molar-refractivity contribution in [2.75, 3.05) is 0 Å². The molecule has 0 saturated heterocycles. The van der Waals surface area contributed by atoms with Crippen molar-refractivity contribution in [3.8, 4) is 0 Å². The zero-order chi connectivity index (χ0) is 24.1. The minimum atomic E-state index is -0.873. The number of hydrogen-bond acceptors (Lipinski definition) is 1. The predicted molar refractivity (Wildman–Crippen MR) is 137 cm³/mol. The first kappa shape index (κ1) is 28.4. The van der Waals surface area contributed by atoms with Gasteiger partial charge in [0.2, 0.25) is 0 Å². The van der Waals surface area contributed by atoms with E-state index in [2.05, 4.69) is 51.1 Å². The monoisotopic (exact) mass is 422 g/mol. The molecular weight excluding hydrogens is 380 g/mol. The number of carbonyl (C=O) groups is 1. The lowest BCUT2D eigenvalue weighted by Crippen LogP contribution is -2.08. The molecule has 0 fully saturated rings. The van der Waals surface area contributed by atoms with Gasteiger partial charge < -0.3 is 5.11 Å². The summed E-state index contributed by atoms with van der Waals surface area (Å²) in [4.78, 5) is 12.1. The molecule has 2 nitrogen and oxygen atoms in total. The van der Waals surface area contributed by atoms with Crippen LogP contribution in [0, 0.1) is 19.8 Å². The molecule has 2 rings (SSSR count). The number of carboxylic acids is 1. The van der Waals surface area contributed by atoms with Gasteiger partial charge in [-0.25, -0.2) is 4.79 Å². The molecule has 0 aromatic heterocycles. The second-order valence-corrected chi connectivity index (χ2v) is 8.28. The van der Waals surface area contributed by atoms with Crippen LogP contribution >= 0.6 is 0 Å². The Morgan fingerprint density at radius 1 is 0.871 bits per heavy atom. The lowest BCUT2D eigenvalue weighted by Gasteiger charge is -2.17. The highest BCUT2D eigenvalue weighted by Gasteiger charge is 2.21. The molecule has 170 valence electrons. The first-order valence-corrected chi connectivity index (χ1v) is 11.4. The average molecular weight is 423 g/mol. The Labute approximate surface area is 190 Å². The molecule has 0 aliphatic rings. The molecule has 2 aromatic carbocycles. The van der Waals surface area contributed by atoms with Crippen molar-refractivity contribution in [1.29, 1.82) is 0 Å². The van der Waals surface area contributed by atoms with Crippen molar-refractivity contribution in [1.82, 2.24) is 0 Å². The van der Waals surface area contributed by atoms with Gasteiger partial charge in [0, 0.05) is 0 Å². The minimum Gasteiger partial charge on any atom is -0.478 e. The Balaban J connectivity index is 0.00000134. The molecule has 0 radical (unpaired) electrons. The number of benzene rings is 2. The molecule has 0 unspecified atom stereocenters.